The van der Waals surface area contributed by atoms with Gasteiger partial charge in [0.2, 0.25) is 0 Å². The summed E-state index contributed by atoms with van der Waals surface area (Å²) in [5, 5.41) is 25.3. The quantitative estimate of drug-likeness (QED) is 0.283. The molecular formula is C19H15ClN4O5S. The molecule has 0 aromatic heterocycles. The highest BCUT2D eigenvalue weighted by molar-refractivity contribution is 7.92. The first-order chi connectivity index (χ1) is 14.3. The van der Waals surface area contributed by atoms with E-state index in [1.807, 2.05) is 0 Å². The van der Waals surface area contributed by atoms with E-state index in [1.54, 1.807) is 30.3 Å². The predicted molar refractivity (Wildman–Crippen MR) is 115 cm³/mol. The van der Waals surface area contributed by atoms with E-state index in [1.165, 1.54) is 36.5 Å². The first-order valence-corrected chi connectivity index (χ1v) is 10.3. The van der Waals surface area contributed by atoms with E-state index in [4.69, 9.17) is 11.6 Å². The number of nitrogens with one attached hydrogen (secondary N) is 2. The summed E-state index contributed by atoms with van der Waals surface area (Å²) in [6.07, 6.45) is 1.28. The Labute approximate surface area is 176 Å². The summed E-state index contributed by atoms with van der Waals surface area (Å²) >= 11 is 5.85. The number of aromatic hydroxyl groups is 1. The van der Waals surface area contributed by atoms with Gasteiger partial charge in [0.15, 0.2) is 0 Å². The zero-order valence-electron chi connectivity index (χ0n) is 15.2. The fourth-order valence-corrected chi connectivity index (χ4v) is 3.72. The number of para-hydroxylation sites is 1. The minimum Gasteiger partial charge on any atom is -0.507 e. The van der Waals surface area contributed by atoms with Crippen molar-refractivity contribution >= 4 is 44.9 Å². The molecule has 0 unspecified atom stereocenters. The van der Waals surface area contributed by atoms with Gasteiger partial charge in [-0.25, -0.2) is 8.42 Å². The number of halogens is 1. The second-order valence-electron chi connectivity index (χ2n) is 5.98. The molecule has 0 fully saturated rings. The molecule has 9 nitrogen and oxygen atoms in total. The number of nitro groups is 1. The maximum absolute atomic E-state index is 12.6. The Hall–Kier alpha value is -3.63. The molecule has 0 spiro atoms. The van der Waals surface area contributed by atoms with Crippen molar-refractivity contribution in [3.8, 4) is 5.75 Å². The molecule has 3 aromatic carbocycles. The van der Waals surface area contributed by atoms with Crippen molar-refractivity contribution in [1.82, 2.24) is 0 Å². The Kier molecular flexibility index (Phi) is 6.19. The number of hydrogen-bond donors (Lipinski definition) is 3. The van der Waals surface area contributed by atoms with Crippen LogP contribution in [-0.2, 0) is 10.0 Å². The van der Waals surface area contributed by atoms with Crippen LogP contribution in [-0.4, -0.2) is 24.7 Å². The van der Waals surface area contributed by atoms with Gasteiger partial charge >= 0.3 is 0 Å². The van der Waals surface area contributed by atoms with Crippen LogP contribution in [0.2, 0.25) is 5.02 Å². The van der Waals surface area contributed by atoms with Crippen LogP contribution in [0.4, 0.5) is 17.1 Å². The van der Waals surface area contributed by atoms with Crippen molar-refractivity contribution in [2.24, 2.45) is 5.10 Å². The molecule has 154 valence electrons. The third-order valence-corrected chi connectivity index (χ3v) is 5.49. The largest absolute Gasteiger partial charge is 0.507 e. The Morgan fingerprint density at radius 1 is 1.07 bits per heavy atom. The number of hydrogen-bond acceptors (Lipinski definition) is 7. The number of sulfonamides is 1. The number of nitrogens with zero attached hydrogens (tertiary/aromatic N) is 2. The van der Waals surface area contributed by atoms with E-state index in [9.17, 15) is 23.6 Å². The first kappa shape index (κ1) is 21.1. The van der Waals surface area contributed by atoms with Crippen LogP contribution in [0, 0.1) is 10.1 Å². The summed E-state index contributed by atoms with van der Waals surface area (Å²) in [6, 6.07) is 15.8. The number of nitro benzene ring substituents is 1. The van der Waals surface area contributed by atoms with Gasteiger partial charge < -0.3 is 5.11 Å². The summed E-state index contributed by atoms with van der Waals surface area (Å²) in [6.45, 7) is 0. The molecule has 11 heteroatoms. The average molecular weight is 447 g/mol. The highest BCUT2D eigenvalue weighted by atomic mass is 35.5. The van der Waals surface area contributed by atoms with Gasteiger partial charge in [-0.1, -0.05) is 29.8 Å². The highest BCUT2D eigenvalue weighted by Gasteiger charge is 2.21. The fourth-order valence-electron chi connectivity index (χ4n) is 2.46. The lowest BCUT2D eigenvalue weighted by molar-refractivity contribution is -0.384. The molecule has 30 heavy (non-hydrogen) atoms. The number of phenolic OH excluding ortho intramolecular Hbond substituents is 1. The van der Waals surface area contributed by atoms with Crippen LogP contribution in [0.3, 0.4) is 0 Å². The summed E-state index contributed by atoms with van der Waals surface area (Å²) < 4.78 is 27.5. The van der Waals surface area contributed by atoms with Gasteiger partial charge in [-0.3, -0.25) is 20.3 Å². The van der Waals surface area contributed by atoms with Crippen molar-refractivity contribution in [2.45, 2.75) is 4.90 Å². The Morgan fingerprint density at radius 2 is 1.83 bits per heavy atom. The highest BCUT2D eigenvalue weighted by Crippen LogP contribution is 2.29. The van der Waals surface area contributed by atoms with Crippen LogP contribution in [0.1, 0.15) is 5.56 Å². The number of benzene rings is 3. The molecule has 0 bridgehead atoms. The molecule has 0 amide bonds. The van der Waals surface area contributed by atoms with Gasteiger partial charge in [-0.2, -0.15) is 5.10 Å². The lowest BCUT2D eigenvalue weighted by atomic mass is 10.2. The molecule has 3 aromatic rings. The second kappa shape index (κ2) is 8.80. The second-order valence-corrected chi connectivity index (χ2v) is 8.10. The monoisotopic (exact) mass is 446 g/mol. The van der Waals surface area contributed by atoms with Gasteiger partial charge in [-0.15, -0.1) is 0 Å². The van der Waals surface area contributed by atoms with Gasteiger partial charge in [0, 0.05) is 16.7 Å². The maximum Gasteiger partial charge on any atom is 0.295 e. The molecule has 3 rings (SSSR count). The van der Waals surface area contributed by atoms with E-state index in [2.05, 4.69) is 15.2 Å². The number of hydrazone groups is 1. The maximum atomic E-state index is 12.6. The van der Waals surface area contributed by atoms with Crippen LogP contribution >= 0.6 is 11.6 Å². The molecule has 0 heterocycles. The molecule has 0 saturated carbocycles. The SMILES string of the molecule is O=[N+]([O-])c1cc(S(=O)(=O)Nc2cccc(Cl)c2)ccc1N/N=C/c1ccccc1O. The topological polar surface area (TPSA) is 134 Å². The third-order valence-electron chi connectivity index (χ3n) is 3.88. The summed E-state index contributed by atoms with van der Waals surface area (Å²) in [4.78, 5) is 10.4. The van der Waals surface area contributed by atoms with Gasteiger partial charge in [0.05, 0.1) is 21.7 Å². The van der Waals surface area contributed by atoms with Crippen molar-refractivity contribution < 1.29 is 18.4 Å². The van der Waals surface area contributed by atoms with Crippen molar-refractivity contribution in [2.75, 3.05) is 10.1 Å². The molecule has 3 N–H and O–H groups in total. The standard InChI is InChI=1S/C19H15ClN4O5S/c20-14-5-3-6-15(10-14)23-30(28,29)16-8-9-17(18(11-16)24(26)27)22-21-12-13-4-1-2-7-19(13)25/h1-12,22-23,25H/b21-12+. The zero-order valence-corrected chi connectivity index (χ0v) is 16.8. The van der Waals surface area contributed by atoms with E-state index in [0.717, 1.165) is 6.07 Å². The summed E-state index contributed by atoms with van der Waals surface area (Å²) in [5.74, 6) is -0.00826. The van der Waals surface area contributed by atoms with Gasteiger partial charge in [0.25, 0.3) is 15.7 Å². The smallest absolute Gasteiger partial charge is 0.295 e. The number of phenols is 1. The van der Waals surface area contributed by atoms with Crippen molar-refractivity contribution in [3.63, 3.8) is 0 Å². The van der Waals surface area contributed by atoms with Gasteiger partial charge in [0.1, 0.15) is 11.4 Å². The Bertz CT molecular complexity index is 1230. The molecular weight excluding hydrogens is 432 g/mol. The van der Waals surface area contributed by atoms with Crippen LogP contribution in [0.15, 0.2) is 76.7 Å². The van der Waals surface area contributed by atoms with Crippen LogP contribution < -0.4 is 10.1 Å². The average Bonchev–Trinajstić information content (AvgIpc) is 2.69. The van der Waals surface area contributed by atoms with E-state index >= 15 is 0 Å². The van der Waals surface area contributed by atoms with Crippen LogP contribution in [0.5, 0.6) is 5.75 Å². The zero-order chi connectivity index (χ0) is 21.7. The lowest BCUT2D eigenvalue weighted by Gasteiger charge is -2.09. The minimum atomic E-state index is -4.08. The van der Waals surface area contributed by atoms with Crippen LogP contribution in [0.25, 0.3) is 0 Å². The Balaban J connectivity index is 1.86. The van der Waals surface area contributed by atoms with E-state index in [0.29, 0.717) is 10.6 Å². The predicted octanol–water partition coefficient (Wildman–Crippen LogP) is 4.20. The number of anilines is 2. The molecule has 0 atom stereocenters. The number of rotatable bonds is 7. The van der Waals surface area contributed by atoms with Crippen molar-refractivity contribution in [3.05, 3.63) is 87.4 Å². The summed E-state index contributed by atoms with van der Waals surface area (Å²) in [7, 11) is -4.08. The van der Waals surface area contributed by atoms with E-state index < -0.39 is 20.6 Å². The third kappa shape index (κ3) is 5.04. The molecule has 0 aliphatic heterocycles. The fraction of sp³-hybridized carbons (Fsp3) is 0. The lowest BCUT2D eigenvalue weighted by Crippen LogP contribution is -2.13. The summed E-state index contributed by atoms with van der Waals surface area (Å²) in [5.41, 5.74) is 2.60. The first-order valence-electron chi connectivity index (χ1n) is 8.40. The normalized spacial score (nSPS) is 11.4. The van der Waals surface area contributed by atoms with Crippen molar-refractivity contribution in [1.29, 1.82) is 0 Å². The van der Waals surface area contributed by atoms with Gasteiger partial charge in [-0.05, 0) is 42.5 Å². The molecule has 0 aliphatic carbocycles. The van der Waals surface area contributed by atoms with E-state index in [-0.39, 0.29) is 22.0 Å². The Morgan fingerprint density at radius 3 is 2.53 bits per heavy atom. The molecule has 0 saturated heterocycles. The molecule has 0 aliphatic rings. The minimum absolute atomic E-state index is 0.00826. The molecule has 0 radical (unpaired) electrons.